The summed E-state index contributed by atoms with van der Waals surface area (Å²) < 4.78 is 4.97. The summed E-state index contributed by atoms with van der Waals surface area (Å²) in [5.41, 5.74) is 6.31. The number of phenolic OH excluding ortho intramolecular Hbond substituents is 1. The first-order chi connectivity index (χ1) is 7.65. The molecule has 1 aromatic rings. The van der Waals surface area contributed by atoms with E-state index in [1.54, 1.807) is 25.1 Å². The highest BCUT2D eigenvalue weighted by Crippen LogP contribution is 2.26. The lowest BCUT2D eigenvalue weighted by atomic mass is 10.2. The molecule has 0 spiro atoms. The second kappa shape index (κ2) is 6.09. The number of amides is 1. The second-order valence-corrected chi connectivity index (χ2v) is 3.36. The van der Waals surface area contributed by atoms with Crippen molar-refractivity contribution in [2.75, 3.05) is 25.1 Å². The van der Waals surface area contributed by atoms with E-state index < -0.39 is 0 Å². The van der Waals surface area contributed by atoms with E-state index in [0.717, 1.165) is 0 Å². The third-order valence-electron chi connectivity index (χ3n) is 2.01. The lowest BCUT2D eigenvalue weighted by molar-refractivity contribution is -0.120. The van der Waals surface area contributed by atoms with Crippen molar-refractivity contribution in [3.05, 3.63) is 23.8 Å². The molecule has 0 atom stereocenters. The molecule has 0 unspecified atom stereocenters. The van der Waals surface area contributed by atoms with Gasteiger partial charge >= 0.3 is 0 Å². The number of para-hydroxylation sites is 1. The number of rotatable bonds is 5. The molecule has 1 aromatic carbocycles. The zero-order valence-electron chi connectivity index (χ0n) is 9.19. The van der Waals surface area contributed by atoms with E-state index >= 15 is 0 Å². The van der Waals surface area contributed by atoms with E-state index in [9.17, 15) is 9.90 Å². The van der Waals surface area contributed by atoms with Gasteiger partial charge in [0.1, 0.15) is 12.4 Å². The molecule has 0 aliphatic heterocycles. The Balaban J connectivity index is 2.53. The van der Waals surface area contributed by atoms with Crippen molar-refractivity contribution in [2.24, 2.45) is 5.73 Å². The highest BCUT2D eigenvalue weighted by molar-refractivity contribution is 5.93. The Hall–Kier alpha value is -1.59. The smallest absolute Gasteiger partial charge is 0.250 e. The number of benzene rings is 1. The molecule has 1 amide bonds. The van der Waals surface area contributed by atoms with Crippen molar-refractivity contribution in [3.63, 3.8) is 0 Å². The monoisotopic (exact) mass is 224 g/mol. The van der Waals surface area contributed by atoms with Gasteiger partial charge in [0.15, 0.2) is 0 Å². The molecular weight excluding hydrogens is 208 g/mol. The van der Waals surface area contributed by atoms with Gasteiger partial charge in [0.2, 0.25) is 5.91 Å². The summed E-state index contributed by atoms with van der Waals surface area (Å²) >= 11 is 0. The molecule has 0 saturated carbocycles. The summed E-state index contributed by atoms with van der Waals surface area (Å²) in [6.45, 7) is 2.41. The number of hydrogen-bond donors (Lipinski definition) is 3. The van der Waals surface area contributed by atoms with Crippen molar-refractivity contribution in [1.82, 2.24) is 0 Å². The van der Waals surface area contributed by atoms with E-state index in [-0.39, 0.29) is 18.3 Å². The fourth-order valence-corrected chi connectivity index (χ4v) is 1.19. The fourth-order valence-electron chi connectivity index (χ4n) is 1.19. The summed E-state index contributed by atoms with van der Waals surface area (Å²) in [5, 5.41) is 12.2. The second-order valence-electron chi connectivity index (χ2n) is 3.36. The Morgan fingerprint density at radius 3 is 3.00 bits per heavy atom. The van der Waals surface area contributed by atoms with Gasteiger partial charge in [0.25, 0.3) is 0 Å². The topological polar surface area (TPSA) is 84.6 Å². The average molecular weight is 224 g/mol. The van der Waals surface area contributed by atoms with Crippen LogP contribution in [0.25, 0.3) is 0 Å². The van der Waals surface area contributed by atoms with Crippen LogP contribution in [-0.4, -0.2) is 30.8 Å². The van der Waals surface area contributed by atoms with Crippen LogP contribution in [0.5, 0.6) is 5.75 Å². The molecule has 0 fully saturated rings. The van der Waals surface area contributed by atoms with Crippen LogP contribution in [0.1, 0.15) is 5.56 Å². The van der Waals surface area contributed by atoms with Crippen LogP contribution in [0.2, 0.25) is 0 Å². The van der Waals surface area contributed by atoms with E-state index in [2.05, 4.69) is 5.32 Å². The number of aromatic hydroxyl groups is 1. The standard InChI is InChI=1S/C11H16N2O3/c1-8-3-2-4-9(11(8)15)13-10(14)7-16-6-5-12/h2-4,15H,5-7,12H2,1H3,(H,13,14). The predicted molar refractivity (Wildman–Crippen MR) is 61.3 cm³/mol. The molecule has 88 valence electrons. The van der Waals surface area contributed by atoms with Gasteiger partial charge in [-0.05, 0) is 18.6 Å². The number of aryl methyl sites for hydroxylation is 1. The van der Waals surface area contributed by atoms with E-state index in [1.165, 1.54) is 0 Å². The number of anilines is 1. The molecule has 0 bridgehead atoms. The van der Waals surface area contributed by atoms with Gasteiger partial charge in [-0.2, -0.15) is 0 Å². The summed E-state index contributed by atoms with van der Waals surface area (Å²) in [4.78, 5) is 11.4. The first kappa shape index (κ1) is 12.5. The number of carbonyl (C=O) groups excluding carboxylic acids is 1. The van der Waals surface area contributed by atoms with Gasteiger partial charge < -0.3 is 20.9 Å². The van der Waals surface area contributed by atoms with Crippen LogP contribution < -0.4 is 11.1 Å². The number of nitrogens with one attached hydrogen (secondary N) is 1. The Morgan fingerprint density at radius 2 is 2.31 bits per heavy atom. The maximum absolute atomic E-state index is 11.4. The SMILES string of the molecule is Cc1cccc(NC(=O)COCCN)c1O. The summed E-state index contributed by atoms with van der Waals surface area (Å²) in [5.74, 6) is -0.232. The van der Waals surface area contributed by atoms with Crippen molar-refractivity contribution in [3.8, 4) is 5.75 Å². The lowest BCUT2D eigenvalue weighted by Gasteiger charge is -2.08. The number of nitrogens with two attached hydrogens (primary N) is 1. The van der Waals surface area contributed by atoms with Crippen molar-refractivity contribution >= 4 is 11.6 Å². The molecule has 1 rings (SSSR count). The first-order valence-corrected chi connectivity index (χ1v) is 5.01. The van der Waals surface area contributed by atoms with Crippen molar-refractivity contribution < 1.29 is 14.6 Å². The molecule has 0 aromatic heterocycles. The van der Waals surface area contributed by atoms with Crippen LogP contribution in [0.4, 0.5) is 5.69 Å². The molecule has 16 heavy (non-hydrogen) atoms. The first-order valence-electron chi connectivity index (χ1n) is 5.01. The third kappa shape index (κ3) is 3.52. The zero-order valence-corrected chi connectivity index (χ0v) is 9.19. The van der Waals surface area contributed by atoms with Gasteiger partial charge in [-0.3, -0.25) is 4.79 Å². The van der Waals surface area contributed by atoms with E-state index in [4.69, 9.17) is 10.5 Å². The minimum Gasteiger partial charge on any atom is -0.505 e. The highest BCUT2D eigenvalue weighted by Gasteiger charge is 2.07. The maximum atomic E-state index is 11.4. The summed E-state index contributed by atoms with van der Waals surface area (Å²) in [7, 11) is 0. The van der Waals surface area contributed by atoms with Crippen LogP contribution >= 0.6 is 0 Å². The number of ether oxygens (including phenoxy) is 1. The van der Waals surface area contributed by atoms with Crippen LogP contribution in [0.3, 0.4) is 0 Å². The molecule has 4 N–H and O–H groups in total. The molecule has 0 aliphatic carbocycles. The molecule has 0 aliphatic rings. The fraction of sp³-hybridized carbons (Fsp3) is 0.364. The molecule has 0 heterocycles. The predicted octanol–water partition coefficient (Wildman–Crippen LogP) is 0.614. The third-order valence-corrected chi connectivity index (χ3v) is 2.01. The Labute approximate surface area is 94.2 Å². The number of phenols is 1. The van der Waals surface area contributed by atoms with E-state index in [1.807, 2.05) is 0 Å². The zero-order chi connectivity index (χ0) is 12.0. The summed E-state index contributed by atoms with van der Waals surface area (Å²) in [6.07, 6.45) is 0. The summed E-state index contributed by atoms with van der Waals surface area (Å²) in [6, 6.07) is 5.14. The molecule has 0 radical (unpaired) electrons. The van der Waals surface area contributed by atoms with Crippen LogP contribution in [-0.2, 0) is 9.53 Å². The lowest BCUT2D eigenvalue weighted by Crippen LogP contribution is -2.20. The van der Waals surface area contributed by atoms with Crippen molar-refractivity contribution in [2.45, 2.75) is 6.92 Å². The molecular formula is C11H16N2O3. The quantitative estimate of drug-likeness (QED) is 0.505. The Morgan fingerprint density at radius 1 is 1.56 bits per heavy atom. The maximum Gasteiger partial charge on any atom is 0.250 e. The van der Waals surface area contributed by atoms with Gasteiger partial charge in [-0.25, -0.2) is 0 Å². The molecule has 5 nitrogen and oxygen atoms in total. The van der Waals surface area contributed by atoms with Gasteiger partial charge in [-0.1, -0.05) is 12.1 Å². The minimum atomic E-state index is -0.311. The van der Waals surface area contributed by atoms with Gasteiger partial charge in [0, 0.05) is 6.54 Å². The van der Waals surface area contributed by atoms with E-state index in [0.29, 0.717) is 24.4 Å². The van der Waals surface area contributed by atoms with Crippen LogP contribution in [0, 0.1) is 6.92 Å². The Kier molecular flexibility index (Phi) is 4.75. The minimum absolute atomic E-state index is 0.0649. The number of carbonyl (C=O) groups is 1. The average Bonchev–Trinajstić information content (AvgIpc) is 2.25. The van der Waals surface area contributed by atoms with Crippen molar-refractivity contribution in [1.29, 1.82) is 0 Å². The van der Waals surface area contributed by atoms with Gasteiger partial charge in [-0.15, -0.1) is 0 Å². The molecule has 5 heteroatoms. The number of hydrogen-bond acceptors (Lipinski definition) is 4. The normalized spacial score (nSPS) is 10.1. The molecule has 0 saturated heterocycles. The van der Waals surface area contributed by atoms with Crippen LogP contribution in [0.15, 0.2) is 18.2 Å². The Bertz CT molecular complexity index is 366. The highest BCUT2D eigenvalue weighted by atomic mass is 16.5. The largest absolute Gasteiger partial charge is 0.505 e. The van der Waals surface area contributed by atoms with Gasteiger partial charge in [0.05, 0.1) is 12.3 Å².